The van der Waals surface area contributed by atoms with E-state index in [9.17, 15) is 13.2 Å². The zero-order chi connectivity index (χ0) is 14.9. The zero-order valence-corrected chi connectivity index (χ0v) is 12.6. The van der Waals surface area contributed by atoms with Gasteiger partial charge in [-0.3, -0.25) is 4.79 Å². The molecule has 1 unspecified atom stereocenters. The maximum Gasteiger partial charge on any atom is 0.240 e. The van der Waals surface area contributed by atoms with E-state index >= 15 is 0 Å². The molecule has 0 rings (SSSR count). The first-order valence-electron chi connectivity index (χ1n) is 6.26. The Hall–Kier alpha value is -0.700. The van der Waals surface area contributed by atoms with Gasteiger partial charge in [-0.25, -0.2) is 13.1 Å². The van der Waals surface area contributed by atoms with E-state index in [4.69, 9.17) is 9.84 Å². The molecule has 0 bridgehead atoms. The second-order valence-electron chi connectivity index (χ2n) is 4.20. The summed E-state index contributed by atoms with van der Waals surface area (Å²) in [6.07, 6.45) is 0.486. The fourth-order valence-corrected chi connectivity index (χ4v) is 2.87. The highest BCUT2D eigenvalue weighted by molar-refractivity contribution is 7.89. The van der Waals surface area contributed by atoms with Crippen LogP contribution in [0.25, 0.3) is 0 Å². The van der Waals surface area contributed by atoms with Crippen LogP contribution in [-0.4, -0.2) is 69.5 Å². The number of ether oxygens (including phenoxy) is 1. The molecule has 7 nitrogen and oxygen atoms in total. The van der Waals surface area contributed by atoms with Gasteiger partial charge in [-0.2, -0.15) is 0 Å². The quantitative estimate of drug-likeness (QED) is 0.549. The Bertz CT molecular complexity index is 358. The molecule has 0 saturated heterocycles. The van der Waals surface area contributed by atoms with Gasteiger partial charge in [0, 0.05) is 20.2 Å². The van der Waals surface area contributed by atoms with Crippen LogP contribution in [0, 0.1) is 0 Å². The maximum absolute atomic E-state index is 12.1. The molecule has 0 heterocycles. The smallest absolute Gasteiger partial charge is 0.240 e. The Labute approximate surface area is 115 Å². The normalized spacial score (nSPS) is 13.3. The van der Waals surface area contributed by atoms with Crippen molar-refractivity contribution in [2.24, 2.45) is 0 Å². The van der Waals surface area contributed by atoms with Crippen LogP contribution in [0.1, 0.15) is 20.3 Å². The van der Waals surface area contributed by atoms with Crippen molar-refractivity contribution in [2.75, 3.05) is 39.2 Å². The van der Waals surface area contributed by atoms with E-state index in [-0.39, 0.29) is 24.8 Å². The molecule has 0 fully saturated rings. The minimum atomic E-state index is -3.44. The Morgan fingerprint density at radius 1 is 1.42 bits per heavy atom. The largest absolute Gasteiger partial charge is 0.395 e. The van der Waals surface area contributed by atoms with Crippen LogP contribution in [0.4, 0.5) is 0 Å². The molecule has 19 heavy (non-hydrogen) atoms. The number of rotatable bonds is 10. The summed E-state index contributed by atoms with van der Waals surface area (Å²) < 4.78 is 30.4. The highest BCUT2D eigenvalue weighted by Gasteiger charge is 2.23. The van der Waals surface area contributed by atoms with Crippen LogP contribution in [0.5, 0.6) is 0 Å². The van der Waals surface area contributed by atoms with Gasteiger partial charge in [0.05, 0.1) is 25.0 Å². The number of aliphatic hydroxyl groups is 1. The lowest BCUT2D eigenvalue weighted by Gasteiger charge is -2.25. The van der Waals surface area contributed by atoms with Crippen molar-refractivity contribution in [3.63, 3.8) is 0 Å². The van der Waals surface area contributed by atoms with Crippen molar-refractivity contribution in [3.05, 3.63) is 0 Å². The molecule has 114 valence electrons. The number of methoxy groups -OCH3 is 1. The van der Waals surface area contributed by atoms with Gasteiger partial charge in [0.1, 0.15) is 0 Å². The zero-order valence-electron chi connectivity index (χ0n) is 11.8. The number of hydrogen-bond donors (Lipinski definition) is 2. The average Bonchev–Trinajstić information content (AvgIpc) is 2.32. The lowest BCUT2D eigenvalue weighted by atomic mass is 10.3. The second kappa shape index (κ2) is 9.24. The van der Waals surface area contributed by atoms with E-state index in [1.165, 1.54) is 18.9 Å². The molecule has 0 saturated carbocycles. The summed E-state index contributed by atoms with van der Waals surface area (Å²) in [7, 11) is -1.93. The van der Waals surface area contributed by atoms with Crippen molar-refractivity contribution in [1.29, 1.82) is 0 Å². The van der Waals surface area contributed by atoms with Crippen LogP contribution in [0.15, 0.2) is 0 Å². The van der Waals surface area contributed by atoms with Gasteiger partial charge in [-0.05, 0) is 13.3 Å². The Balaban J connectivity index is 4.57. The van der Waals surface area contributed by atoms with Gasteiger partial charge in [-0.1, -0.05) is 6.92 Å². The fourth-order valence-electron chi connectivity index (χ4n) is 1.58. The van der Waals surface area contributed by atoms with Crippen LogP contribution < -0.4 is 4.72 Å². The van der Waals surface area contributed by atoms with Gasteiger partial charge in [0.25, 0.3) is 0 Å². The summed E-state index contributed by atoms with van der Waals surface area (Å²) in [5.74, 6) is -0.381. The Kier molecular flexibility index (Phi) is 8.90. The van der Waals surface area contributed by atoms with Gasteiger partial charge >= 0.3 is 0 Å². The van der Waals surface area contributed by atoms with Crippen molar-refractivity contribution >= 4 is 15.9 Å². The van der Waals surface area contributed by atoms with E-state index in [0.717, 1.165) is 0 Å². The van der Waals surface area contributed by atoms with E-state index < -0.39 is 16.1 Å². The first-order chi connectivity index (χ1) is 8.87. The molecule has 1 atom stereocenters. The summed E-state index contributed by atoms with van der Waals surface area (Å²) in [6.45, 7) is 3.87. The van der Waals surface area contributed by atoms with Gasteiger partial charge in [0.2, 0.25) is 15.9 Å². The van der Waals surface area contributed by atoms with Gasteiger partial charge < -0.3 is 14.7 Å². The van der Waals surface area contributed by atoms with Crippen molar-refractivity contribution < 1.29 is 23.1 Å². The monoisotopic (exact) mass is 296 g/mol. The molecular formula is C11H24N2O5S. The summed E-state index contributed by atoms with van der Waals surface area (Å²) >= 11 is 0. The number of nitrogens with zero attached hydrogens (tertiary/aromatic N) is 1. The summed E-state index contributed by atoms with van der Waals surface area (Å²) in [6, 6.07) is -0.847. The molecule has 8 heteroatoms. The van der Waals surface area contributed by atoms with Crippen LogP contribution in [0.3, 0.4) is 0 Å². The third-order valence-corrected chi connectivity index (χ3v) is 4.10. The van der Waals surface area contributed by atoms with Crippen LogP contribution >= 0.6 is 0 Å². The number of nitrogens with one attached hydrogen (secondary N) is 1. The maximum atomic E-state index is 12.1. The topological polar surface area (TPSA) is 95.9 Å². The molecule has 0 aromatic rings. The fraction of sp³-hybridized carbons (Fsp3) is 0.909. The lowest BCUT2D eigenvalue weighted by molar-refractivity contribution is -0.133. The minimum absolute atomic E-state index is 0.0112. The van der Waals surface area contributed by atoms with Crippen molar-refractivity contribution in [2.45, 2.75) is 26.3 Å². The van der Waals surface area contributed by atoms with E-state index in [1.807, 2.05) is 0 Å². The molecule has 0 aromatic heterocycles. The molecule has 2 N–H and O–H groups in total. The average molecular weight is 296 g/mol. The molecule has 0 aliphatic carbocycles. The number of carbonyl (C=O) groups is 1. The number of sulfonamides is 1. The standard InChI is InChI=1S/C11H24N2O5S/c1-4-9-19(16,17)12-10(2)11(15)13(5-7-14)6-8-18-3/h10,12,14H,4-9H2,1-3H3. The van der Waals surface area contributed by atoms with E-state index in [2.05, 4.69) is 4.72 Å². The predicted molar refractivity (Wildman–Crippen MR) is 72.2 cm³/mol. The molecule has 0 radical (unpaired) electrons. The minimum Gasteiger partial charge on any atom is -0.395 e. The SMILES string of the molecule is CCCS(=O)(=O)NC(C)C(=O)N(CCO)CCOC. The van der Waals surface area contributed by atoms with Crippen molar-refractivity contribution in [1.82, 2.24) is 9.62 Å². The summed E-state index contributed by atoms with van der Waals surface area (Å²) in [5, 5.41) is 8.91. The summed E-state index contributed by atoms with van der Waals surface area (Å²) in [5.41, 5.74) is 0. The summed E-state index contributed by atoms with van der Waals surface area (Å²) in [4.78, 5) is 13.4. The van der Waals surface area contributed by atoms with E-state index in [1.54, 1.807) is 6.92 Å². The molecule has 0 spiro atoms. The van der Waals surface area contributed by atoms with Gasteiger partial charge in [-0.15, -0.1) is 0 Å². The molecular weight excluding hydrogens is 272 g/mol. The first-order valence-corrected chi connectivity index (χ1v) is 7.91. The van der Waals surface area contributed by atoms with Gasteiger partial charge in [0.15, 0.2) is 0 Å². The Morgan fingerprint density at radius 3 is 2.53 bits per heavy atom. The first kappa shape index (κ1) is 18.3. The Morgan fingerprint density at radius 2 is 2.05 bits per heavy atom. The second-order valence-corrected chi connectivity index (χ2v) is 6.07. The predicted octanol–water partition coefficient (Wildman–Crippen LogP) is -0.828. The number of aliphatic hydroxyl groups excluding tert-OH is 1. The highest BCUT2D eigenvalue weighted by atomic mass is 32.2. The lowest BCUT2D eigenvalue weighted by Crippen LogP contribution is -2.49. The van der Waals surface area contributed by atoms with Crippen LogP contribution in [-0.2, 0) is 19.6 Å². The highest BCUT2D eigenvalue weighted by Crippen LogP contribution is 1.99. The number of amides is 1. The van der Waals surface area contributed by atoms with E-state index in [0.29, 0.717) is 19.6 Å². The third kappa shape index (κ3) is 7.46. The van der Waals surface area contributed by atoms with Crippen molar-refractivity contribution in [3.8, 4) is 0 Å². The molecule has 0 aromatic carbocycles. The molecule has 0 aliphatic rings. The number of carbonyl (C=O) groups excluding carboxylic acids is 1. The third-order valence-electron chi connectivity index (χ3n) is 2.45. The number of hydrogen-bond acceptors (Lipinski definition) is 5. The molecule has 1 amide bonds. The van der Waals surface area contributed by atoms with Crippen LogP contribution in [0.2, 0.25) is 0 Å². The molecule has 0 aliphatic heterocycles.